The van der Waals surface area contributed by atoms with Crippen molar-refractivity contribution in [2.75, 3.05) is 13.1 Å². The number of carbonyl (C=O) groups excluding carboxylic acids is 5. The van der Waals surface area contributed by atoms with E-state index in [4.69, 9.17) is 6.42 Å². The molecule has 6 atom stereocenters. The van der Waals surface area contributed by atoms with Crippen LogP contribution in [0.4, 0.5) is 4.79 Å². The molecule has 0 bridgehead atoms. The van der Waals surface area contributed by atoms with Crippen LogP contribution in [0.15, 0.2) is 23.6 Å². The van der Waals surface area contributed by atoms with Crippen LogP contribution in [0.1, 0.15) is 68.2 Å². The lowest BCUT2D eigenvalue weighted by Crippen LogP contribution is -2.62. The summed E-state index contributed by atoms with van der Waals surface area (Å²) in [4.78, 5) is 81.4. The van der Waals surface area contributed by atoms with E-state index in [2.05, 4.69) is 33.8 Å². The number of piperidine rings is 1. The van der Waals surface area contributed by atoms with Gasteiger partial charge in [0, 0.05) is 26.6 Å². The Hall–Kier alpha value is -4.54. The summed E-state index contributed by atoms with van der Waals surface area (Å²) in [7, 11) is 1.51. The lowest BCUT2D eigenvalue weighted by molar-refractivity contribution is -0.145. The molecule has 14 heteroatoms. The number of aromatic hydroxyl groups is 1. The molecule has 5 N–H and O–H groups in total. The first-order chi connectivity index (χ1) is 22.6. The van der Waals surface area contributed by atoms with Crippen molar-refractivity contribution in [3.63, 3.8) is 0 Å². The number of hydrogen-bond donors (Lipinski definition) is 5. The number of aromatic nitrogens is 2. The third kappa shape index (κ3) is 8.55. The first-order valence-corrected chi connectivity index (χ1v) is 16.6. The number of imidazole rings is 1. The van der Waals surface area contributed by atoms with E-state index in [1.165, 1.54) is 28.8 Å². The number of hydrogen-bond acceptors (Lipinski definition) is 7. The highest BCUT2D eigenvalue weighted by Gasteiger charge is 2.70. The lowest BCUT2D eigenvalue weighted by Gasteiger charge is -2.38. The van der Waals surface area contributed by atoms with Crippen LogP contribution in [0.5, 0.6) is 5.88 Å². The largest absolute Gasteiger partial charge is 0.493 e. The molecule has 2 unspecified atom stereocenters. The van der Waals surface area contributed by atoms with Crippen molar-refractivity contribution in [3.05, 3.63) is 29.3 Å². The molecule has 2 fully saturated rings. The first kappa shape index (κ1) is 38.9. The Labute approximate surface area is 288 Å². The third-order valence-corrected chi connectivity index (χ3v) is 9.82. The molecule has 270 valence electrons. The van der Waals surface area contributed by atoms with Crippen LogP contribution in [-0.2, 0) is 32.8 Å². The molecule has 3 rings (SSSR count). The molecule has 1 aromatic heterocycles. The van der Waals surface area contributed by atoms with E-state index in [-0.39, 0.29) is 55.6 Å². The van der Waals surface area contributed by atoms with Crippen molar-refractivity contribution in [3.8, 4) is 18.2 Å². The maximum absolute atomic E-state index is 14.4. The first-order valence-electron chi connectivity index (χ1n) is 16.6. The lowest BCUT2D eigenvalue weighted by atomic mass is 9.85. The molecule has 1 aliphatic heterocycles. The predicted octanol–water partition coefficient (Wildman–Crippen LogP) is 1.27. The van der Waals surface area contributed by atoms with Gasteiger partial charge >= 0.3 is 11.7 Å². The van der Waals surface area contributed by atoms with Crippen molar-refractivity contribution in [2.24, 2.45) is 35.1 Å². The number of carbonyl (C=O) groups is 5. The van der Waals surface area contributed by atoms with Gasteiger partial charge < -0.3 is 31.3 Å². The number of urea groups is 1. The van der Waals surface area contributed by atoms with Gasteiger partial charge in [-0.1, -0.05) is 61.5 Å². The standard InChI is InChI=1S/C35H53N7O7/c1-12-14-15-21(26(44)29(46)36-16-13-2)37-28(45)25-24-20(35(24,9)10)17-42(25)30(47)27(34(6,7)8)39-31(48)38-22(33(3,4)5)18-41-23(43)19-40(11)32(41)49/h1,13,19-22,24-25,27,43H,2,14-18H2,3-11H3,(H,36,46)(H,37,45)(H2,38,39,48)/t20-,21?,22?,24-,25-,27+/m0/s1. The van der Waals surface area contributed by atoms with Gasteiger partial charge in [0.25, 0.3) is 5.91 Å². The molecule has 49 heavy (non-hydrogen) atoms. The normalized spacial score (nSPS) is 21.3. The SMILES string of the molecule is C#CCCC(NC(=O)[C@@H]1[C@@H]2[C@H](CN1C(=O)[C@@H](NC(=O)NC(Cn1c(O)cn(C)c1=O)C(C)(C)C)C(C)(C)C)C2(C)C)C(=O)C(=O)NCC=C. The van der Waals surface area contributed by atoms with Crippen LogP contribution in [-0.4, -0.2) is 85.9 Å². The van der Waals surface area contributed by atoms with E-state index in [9.17, 15) is 33.9 Å². The summed E-state index contributed by atoms with van der Waals surface area (Å²) in [6.07, 6.45) is 8.31. The average Bonchev–Trinajstić information content (AvgIpc) is 3.25. The molecule has 0 spiro atoms. The molecule has 1 saturated carbocycles. The van der Waals surface area contributed by atoms with E-state index >= 15 is 0 Å². The maximum Gasteiger partial charge on any atom is 0.330 e. The molecule has 1 saturated heterocycles. The number of aryl methyl sites for hydroxylation is 1. The monoisotopic (exact) mass is 683 g/mol. The topological polar surface area (TPSA) is 184 Å². The van der Waals surface area contributed by atoms with Crippen LogP contribution in [0, 0.1) is 40.4 Å². The fraction of sp³-hybridized carbons (Fsp3) is 0.657. The van der Waals surface area contributed by atoms with E-state index in [0.717, 1.165) is 4.57 Å². The minimum Gasteiger partial charge on any atom is -0.493 e. The molecule has 5 amide bonds. The van der Waals surface area contributed by atoms with Gasteiger partial charge in [-0.25, -0.2) is 9.59 Å². The predicted molar refractivity (Wildman–Crippen MR) is 184 cm³/mol. The summed E-state index contributed by atoms with van der Waals surface area (Å²) in [6, 6.07) is -4.50. The summed E-state index contributed by atoms with van der Waals surface area (Å²) in [5.41, 5.74) is -2.04. The second kappa shape index (κ2) is 14.5. The van der Waals surface area contributed by atoms with Crippen molar-refractivity contribution in [1.82, 2.24) is 35.3 Å². The number of likely N-dealkylation sites (tertiary alicyclic amines) is 1. The highest BCUT2D eigenvalue weighted by Crippen LogP contribution is 2.65. The molecule has 1 aromatic rings. The molecule has 2 heterocycles. The highest BCUT2D eigenvalue weighted by atomic mass is 16.3. The van der Waals surface area contributed by atoms with Gasteiger partial charge in [0.2, 0.25) is 23.5 Å². The fourth-order valence-corrected chi connectivity index (χ4v) is 6.60. The number of ketones is 1. The smallest absolute Gasteiger partial charge is 0.330 e. The Bertz CT molecular complexity index is 1570. The summed E-state index contributed by atoms with van der Waals surface area (Å²) in [5.74, 6) is -0.766. The Morgan fingerprint density at radius 2 is 1.73 bits per heavy atom. The molecule has 2 aliphatic rings. The highest BCUT2D eigenvalue weighted by molar-refractivity contribution is 6.38. The van der Waals surface area contributed by atoms with Gasteiger partial charge in [-0.15, -0.1) is 18.9 Å². The van der Waals surface area contributed by atoms with Crippen LogP contribution in [0.2, 0.25) is 0 Å². The molecule has 0 radical (unpaired) electrons. The summed E-state index contributed by atoms with van der Waals surface area (Å²) < 4.78 is 2.40. The number of Topliss-reactive ketones (excluding diaryl/α,β-unsaturated/α-hetero) is 1. The number of nitrogens with zero attached hydrogens (tertiary/aromatic N) is 3. The molecular formula is C35H53N7O7. The Balaban J connectivity index is 1.86. The minimum atomic E-state index is -1.19. The van der Waals surface area contributed by atoms with Crippen LogP contribution in [0.3, 0.4) is 0 Å². The van der Waals surface area contributed by atoms with Crippen LogP contribution in [0.25, 0.3) is 0 Å². The van der Waals surface area contributed by atoms with E-state index in [1.807, 2.05) is 34.6 Å². The van der Waals surface area contributed by atoms with Gasteiger partial charge in [0.15, 0.2) is 0 Å². The molecule has 0 aromatic carbocycles. The van der Waals surface area contributed by atoms with E-state index in [0.29, 0.717) is 0 Å². The summed E-state index contributed by atoms with van der Waals surface area (Å²) in [6.45, 7) is 18.9. The zero-order valence-corrected chi connectivity index (χ0v) is 30.2. The van der Waals surface area contributed by atoms with Gasteiger partial charge in [0.05, 0.1) is 24.8 Å². The van der Waals surface area contributed by atoms with Gasteiger partial charge in [-0.05, 0) is 34.5 Å². The Morgan fingerprint density at radius 1 is 1.10 bits per heavy atom. The van der Waals surface area contributed by atoms with Crippen molar-refractivity contribution < 1.29 is 29.1 Å². The van der Waals surface area contributed by atoms with E-state index in [1.54, 1.807) is 20.8 Å². The number of nitrogens with one attached hydrogen (secondary N) is 4. The Kier molecular flexibility index (Phi) is 11.5. The zero-order chi connectivity index (χ0) is 37.2. The minimum absolute atomic E-state index is 0.0135. The second-order valence-corrected chi connectivity index (χ2v) is 15.9. The van der Waals surface area contributed by atoms with Crippen molar-refractivity contribution >= 4 is 29.5 Å². The molecule has 14 nitrogen and oxygen atoms in total. The van der Waals surface area contributed by atoms with Crippen LogP contribution >= 0.6 is 0 Å². The quantitative estimate of drug-likeness (QED) is 0.118. The fourth-order valence-electron chi connectivity index (χ4n) is 6.60. The number of rotatable bonds is 13. The zero-order valence-electron chi connectivity index (χ0n) is 30.2. The number of terminal acetylenes is 1. The van der Waals surface area contributed by atoms with Crippen LogP contribution < -0.4 is 27.0 Å². The maximum atomic E-state index is 14.4. The van der Waals surface area contributed by atoms with Gasteiger partial charge in [-0.2, -0.15) is 0 Å². The number of fused-ring (bicyclic) bond motifs is 1. The second-order valence-electron chi connectivity index (χ2n) is 15.9. The van der Waals surface area contributed by atoms with Gasteiger partial charge in [-0.3, -0.25) is 28.3 Å². The third-order valence-electron chi connectivity index (χ3n) is 9.82. The van der Waals surface area contributed by atoms with Crippen molar-refractivity contribution in [2.45, 2.75) is 98.9 Å². The summed E-state index contributed by atoms with van der Waals surface area (Å²) in [5, 5.41) is 21.2. The molecule has 1 aliphatic carbocycles. The summed E-state index contributed by atoms with van der Waals surface area (Å²) >= 11 is 0. The van der Waals surface area contributed by atoms with Crippen molar-refractivity contribution in [1.29, 1.82) is 0 Å². The van der Waals surface area contributed by atoms with Gasteiger partial charge in [0.1, 0.15) is 12.1 Å². The molecular weight excluding hydrogens is 630 g/mol. The average molecular weight is 684 g/mol. The van der Waals surface area contributed by atoms with E-state index < -0.39 is 70.2 Å². The number of amides is 5. The Morgan fingerprint density at radius 3 is 2.24 bits per heavy atom.